The van der Waals surface area contributed by atoms with Gasteiger partial charge in [0.2, 0.25) is 0 Å². The molecule has 0 amide bonds. The van der Waals surface area contributed by atoms with E-state index in [2.05, 4.69) is 9.97 Å². The average Bonchev–Trinajstić information content (AvgIpc) is 2.82. The van der Waals surface area contributed by atoms with E-state index in [0.29, 0.717) is 0 Å². The summed E-state index contributed by atoms with van der Waals surface area (Å²) in [6.45, 7) is 7.42. The van der Waals surface area contributed by atoms with Crippen LogP contribution in [-0.2, 0) is 9.53 Å². The van der Waals surface area contributed by atoms with E-state index in [-0.39, 0.29) is 11.7 Å². The molecule has 1 aliphatic rings. The summed E-state index contributed by atoms with van der Waals surface area (Å²) in [5.41, 5.74) is 0.0831. The summed E-state index contributed by atoms with van der Waals surface area (Å²) in [5, 5.41) is 9.06. The van der Waals surface area contributed by atoms with Gasteiger partial charge in [-0.05, 0) is 13.8 Å². The SMILES string of the molecule is CC1(C)OC(C(=O)CO)C(C)(C)C1c1cnc[nH]1. The summed E-state index contributed by atoms with van der Waals surface area (Å²) in [4.78, 5) is 19.0. The molecule has 2 heterocycles. The third-order valence-electron chi connectivity index (χ3n) is 3.82. The number of nitrogens with one attached hydrogen (secondary N) is 1. The van der Waals surface area contributed by atoms with Crippen LogP contribution in [-0.4, -0.2) is 39.2 Å². The summed E-state index contributed by atoms with van der Waals surface area (Å²) >= 11 is 0. The second kappa shape index (κ2) is 4.17. The van der Waals surface area contributed by atoms with Crippen molar-refractivity contribution in [2.24, 2.45) is 5.41 Å². The minimum absolute atomic E-state index is 0.0213. The third-order valence-corrected chi connectivity index (χ3v) is 3.82. The van der Waals surface area contributed by atoms with E-state index in [1.807, 2.05) is 27.7 Å². The zero-order valence-corrected chi connectivity index (χ0v) is 11.2. The van der Waals surface area contributed by atoms with Crippen molar-refractivity contribution in [1.82, 2.24) is 9.97 Å². The molecule has 2 atom stereocenters. The van der Waals surface area contributed by atoms with E-state index in [9.17, 15) is 4.79 Å². The lowest BCUT2D eigenvalue weighted by atomic mass is 9.69. The van der Waals surface area contributed by atoms with Crippen molar-refractivity contribution < 1.29 is 14.6 Å². The maximum Gasteiger partial charge on any atom is 0.187 e. The number of ether oxygens (including phenoxy) is 1. The van der Waals surface area contributed by atoms with Crippen LogP contribution in [0.5, 0.6) is 0 Å². The molecule has 1 fully saturated rings. The highest BCUT2D eigenvalue weighted by Crippen LogP contribution is 2.54. The van der Waals surface area contributed by atoms with Gasteiger partial charge >= 0.3 is 0 Å². The second-order valence-electron chi connectivity index (χ2n) is 5.99. The van der Waals surface area contributed by atoms with Gasteiger partial charge in [-0.1, -0.05) is 13.8 Å². The number of aromatic nitrogens is 2. The van der Waals surface area contributed by atoms with E-state index >= 15 is 0 Å². The van der Waals surface area contributed by atoms with Gasteiger partial charge in [0.05, 0.1) is 11.9 Å². The second-order valence-corrected chi connectivity index (χ2v) is 5.99. The topological polar surface area (TPSA) is 75.2 Å². The molecular formula is C13H20N2O3. The minimum Gasteiger partial charge on any atom is -0.388 e. The van der Waals surface area contributed by atoms with Gasteiger partial charge in [0.1, 0.15) is 12.7 Å². The van der Waals surface area contributed by atoms with Gasteiger partial charge in [-0.25, -0.2) is 4.98 Å². The number of carbonyl (C=O) groups is 1. The van der Waals surface area contributed by atoms with Crippen LogP contribution >= 0.6 is 0 Å². The number of aliphatic hydroxyl groups is 1. The number of aliphatic hydroxyl groups excluding tert-OH is 1. The number of rotatable bonds is 3. The fourth-order valence-corrected chi connectivity index (χ4v) is 3.33. The molecule has 2 unspecified atom stereocenters. The number of H-pyrrole nitrogens is 1. The Kier molecular flexibility index (Phi) is 3.07. The Morgan fingerprint density at radius 3 is 2.67 bits per heavy atom. The minimum atomic E-state index is -0.592. The first-order valence-corrected chi connectivity index (χ1v) is 6.10. The van der Waals surface area contributed by atoms with Gasteiger partial charge in [-0.15, -0.1) is 0 Å². The average molecular weight is 252 g/mol. The van der Waals surface area contributed by atoms with Crippen LogP contribution in [0.25, 0.3) is 0 Å². The number of nitrogens with zero attached hydrogens (tertiary/aromatic N) is 1. The van der Waals surface area contributed by atoms with Crippen LogP contribution in [0.15, 0.2) is 12.5 Å². The van der Waals surface area contributed by atoms with E-state index in [4.69, 9.17) is 9.84 Å². The number of carbonyl (C=O) groups excluding carboxylic acids is 1. The zero-order chi connectivity index (χ0) is 13.6. The summed E-state index contributed by atoms with van der Waals surface area (Å²) in [6.07, 6.45) is 2.80. The van der Waals surface area contributed by atoms with Crippen LogP contribution in [0.4, 0.5) is 0 Å². The van der Waals surface area contributed by atoms with Crippen molar-refractivity contribution in [3.63, 3.8) is 0 Å². The van der Waals surface area contributed by atoms with Crippen molar-refractivity contribution in [1.29, 1.82) is 0 Å². The lowest BCUT2D eigenvalue weighted by Gasteiger charge is -2.32. The monoisotopic (exact) mass is 252 g/mol. The summed E-state index contributed by atoms with van der Waals surface area (Å²) < 4.78 is 5.90. The van der Waals surface area contributed by atoms with Crippen molar-refractivity contribution in [2.75, 3.05) is 6.61 Å². The highest BCUT2D eigenvalue weighted by Gasteiger charge is 2.57. The summed E-state index contributed by atoms with van der Waals surface area (Å²) in [5.74, 6) is -0.247. The summed E-state index contributed by atoms with van der Waals surface area (Å²) in [6, 6.07) is 0. The van der Waals surface area contributed by atoms with Crippen LogP contribution in [0.3, 0.4) is 0 Å². The largest absolute Gasteiger partial charge is 0.388 e. The molecule has 1 aliphatic heterocycles. The molecule has 0 aliphatic carbocycles. The van der Waals surface area contributed by atoms with Crippen molar-refractivity contribution in [2.45, 2.75) is 45.3 Å². The van der Waals surface area contributed by atoms with Gasteiger partial charge < -0.3 is 14.8 Å². The number of aromatic amines is 1. The van der Waals surface area contributed by atoms with Crippen LogP contribution in [0.1, 0.15) is 39.3 Å². The molecule has 1 aromatic rings. The maximum atomic E-state index is 11.8. The molecule has 100 valence electrons. The number of Topliss-reactive ketones (excluding diaryl/α,β-unsaturated/α-hetero) is 1. The number of imidazole rings is 1. The molecule has 18 heavy (non-hydrogen) atoms. The first kappa shape index (κ1) is 13.2. The van der Waals surface area contributed by atoms with E-state index in [1.165, 1.54) is 0 Å². The Bertz CT molecular complexity index is 437. The molecule has 0 aromatic carbocycles. The third kappa shape index (κ3) is 1.87. The number of hydrogen-bond acceptors (Lipinski definition) is 4. The lowest BCUT2D eigenvalue weighted by Crippen LogP contribution is -2.37. The number of ketones is 1. The van der Waals surface area contributed by atoms with E-state index in [0.717, 1.165) is 5.69 Å². The predicted molar refractivity (Wildman–Crippen MR) is 66.2 cm³/mol. The Balaban J connectivity index is 2.43. The molecule has 0 bridgehead atoms. The Morgan fingerprint density at radius 2 is 2.17 bits per heavy atom. The molecule has 0 spiro atoms. The summed E-state index contributed by atoms with van der Waals surface area (Å²) in [7, 11) is 0. The Labute approximate surface area is 107 Å². The van der Waals surface area contributed by atoms with Gasteiger partial charge in [0.25, 0.3) is 0 Å². The first-order valence-electron chi connectivity index (χ1n) is 6.10. The van der Waals surface area contributed by atoms with Crippen LogP contribution in [0.2, 0.25) is 0 Å². The highest BCUT2D eigenvalue weighted by atomic mass is 16.5. The fraction of sp³-hybridized carbons (Fsp3) is 0.692. The normalized spacial score (nSPS) is 29.4. The maximum absolute atomic E-state index is 11.8. The highest BCUT2D eigenvalue weighted by molar-refractivity contribution is 5.85. The molecule has 1 aromatic heterocycles. The molecule has 5 nitrogen and oxygen atoms in total. The Hall–Kier alpha value is -1.20. The van der Waals surface area contributed by atoms with Gasteiger partial charge in [0.15, 0.2) is 5.78 Å². The van der Waals surface area contributed by atoms with Crippen molar-refractivity contribution in [3.8, 4) is 0 Å². The van der Waals surface area contributed by atoms with Crippen molar-refractivity contribution >= 4 is 5.78 Å². The van der Waals surface area contributed by atoms with Gasteiger partial charge in [-0.2, -0.15) is 0 Å². The molecule has 1 saturated heterocycles. The quantitative estimate of drug-likeness (QED) is 0.849. The molecule has 2 N–H and O–H groups in total. The number of hydrogen-bond donors (Lipinski definition) is 2. The standard InChI is InChI=1S/C13H20N2O3/c1-12(2)10(8-5-14-7-15-8)13(3,4)18-11(12)9(17)6-16/h5,7,10-11,16H,6H2,1-4H3,(H,14,15). The fourth-order valence-electron chi connectivity index (χ4n) is 3.33. The van der Waals surface area contributed by atoms with E-state index in [1.54, 1.807) is 12.5 Å². The molecular weight excluding hydrogens is 232 g/mol. The molecule has 0 saturated carbocycles. The predicted octanol–water partition coefficient (Wildman–Crippen LogP) is 1.26. The van der Waals surface area contributed by atoms with Gasteiger partial charge in [0, 0.05) is 23.2 Å². The lowest BCUT2D eigenvalue weighted by molar-refractivity contribution is -0.139. The molecule has 2 rings (SSSR count). The molecule has 5 heteroatoms. The Morgan fingerprint density at radius 1 is 1.50 bits per heavy atom. The van der Waals surface area contributed by atoms with Crippen LogP contribution < -0.4 is 0 Å². The first-order chi connectivity index (χ1) is 8.30. The van der Waals surface area contributed by atoms with E-state index < -0.39 is 23.7 Å². The van der Waals surface area contributed by atoms with Crippen molar-refractivity contribution in [3.05, 3.63) is 18.2 Å². The van der Waals surface area contributed by atoms with Gasteiger partial charge in [-0.3, -0.25) is 4.79 Å². The molecule has 0 radical (unpaired) electrons. The zero-order valence-electron chi connectivity index (χ0n) is 11.2. The van der Waals surface area contributed by atoms with Crippen LogP contribution in [0, 0.1) is 5.41 Å². The smallest absolute Gasteiger partial charge is 0.187 e.